The molecule has 0 radical (unpaired) electrons. The second kappa shape index (κ2) is 5.65. The Bertz CT molecular complexity index is 448. The van der Waals surface area contributed by atoms with Gasteiger partial charge in [0.2, 0.25) is 10.0 Å². The fraction of sp³-hybridized carbons (Fsp3) is 0.800. The van der Waals surface area contributed by atoms with Crippen molar-refractivity contribution in [2.75, 3.05) is 26.2 Å². The Labute approximate surface area is 107 Å². The van der Waals surface area contributed by atoms with Crippen molar-refractivity contribution in [2.24, 2.45) is 0 Å². The molecule has 1 rings (SSSR count). The van der Waals surface area contributed by atoms with Crippen molar-refractivity contribution in [3.05, 3.63) is 0 Å². The van der Waals surface area contributed by atoms with E-state index in [4.69, 9.17) is 10.4 Å². The SMILES string of the molecule is CC(C(=O)O)N1CCN(S(=O)(=O)C(C)C#N)CC1. The summed E-state index contributed by atoms with van der Waals surface area (Å²) in [5.74, 6) is -0.920. The van der Waals surface area contributed by atoms with Crippen molar-refractivity contribution in [3.8, 4) is 6.07 Å². The molecule has 18 heavy (non-hydrogen) atoms. The molecule has 8 heteroatoms. The number of hydrogen-bond donors (Lipinski definition) is 1. The Morgan fingerprint density at radius 1 is 1.28 bits per heavy atom. The zero-order valence-corrected chi connectivity index (χ0v) is 11.2. The maximum atomic E-state index is 11.9. The molecule has 0 amide bonds. The van der Waals surface area contributed by atoms with Crippen molar-refractivity contribution in [1.82, 2.24) is 9.21 Å². The minimum absolute atomic E-state index is 0.228. The lowest BCUT2D eigenvalue weighted by atomic mass is 10.2. The third kappa shape index (κ3) is 2.98. The van der Waals surface area contributed by atoms with Crippen LogP contribution in [-0.4, -0.2) is 66.2 Å². The maximum absolute atomic E-state index is 11.9. The summed E-state index contributed by atoms with van der Waals surface area (Å²) in [5, 5.41) is 16.5. The van der Waals surface area contributed by atoms with Crippen LogP contribution >= 0.6 is 0 Å². The molecule has 102 valence electrons. The first-order valence-corrected chi connectivity index (χ1v) is 7.16. The standard InChI is InChI=1S/C10H17N3O4S/c1-8(7-11)18(16,17)13-5-3-12(4-6-13)9(2)10(14)15/h8-9H,3-6H2,1-2H3,(H,14,15). The van der Waals surface area contributed by atoms with Crippen LogP contribution in [0.2, 0.25) is 0 Å². The zero-order valence-electron chi connectivity index (χ0n) is 10.4. The lowest BCUT2D eigenvalue weighted by Crippen LogP contribution is -2.54. The van der Waals surface area contributed by atoms with E-state index in [1.165, 1.54) is 11.2 Å². The van der Waals surface area contributed by atoms with E-state index in [-0.39, 0.29) is 13.1 Å². The highest BCUT2D eigenvalue weighted by Gasteiger charge is 2.33. The van der Waals surface area contributed by atoms with Crippen molar-refractivity contribution < 1.29 is 18.3 Å². The molecule has 1 aliphatic rings. The molecule has 2 unspecified atom stereocenters. The molecule has 1 aliphatic heterocycles. The van der Waals surface area contributed by atoms with Crippen LogP contribution in [0.15, 0.2) is 0 Å². The van der Waals surface area contributed by atoms with Crippen LogP contribution in [-0.2, 0) is 14.8 Å². The van der Waals surface area contributed by atoms with Gasteiger partial charge in [0.15, 0.2) is 5.25 Å². The summed E-state index contributed by atoms with van der Waals surface area (Å²) in [4.78, 5) is 12.5. The summed E-state index contributed by atoms with van der Waals surface area (Å²) in [7, 11) is -3.58. The highest BCUT2D eigenvalue weighted by atomic mass is 32.2. The van der Waals surface area contributed by atoms with E-state index in [0.717, 1.165) is 0 Å². The van der Waals surface area contributed by atoms with Gasteiger partial charge in [0, 0.05) is 26.2 Å². The van der Waals surface area contributed by atoms with Gasteiger partial charge in [-0.1, -0.05) is 0 Å². The number of rotatable bonds is 4. The molecule has 2 atom stereocenters. The van der Waals surface area contributed by atoms with Gasteiger partial charge in [-0.25, -0.2) is 8.42 Å². The van der Waals surface area contributed by atoms with Gasteiger partial charge in [-0.15, -0.1) is 0 Å². The van der Waals surface area contributed by atoms with E-state index in [9.17, 15) is 13.2 Å². The number of hydrogen-bond acceptors (Lipinski definition) is 5. The molecule has 1 heterocycles. The van der Waals surface area contributed by atoms with Gasteiger partial charge < -0.3 is 5.11 Å². The normalized spacial score (nSPS) is 22.1. The van der Waals surface area contributed by atoms with Crippen molar-refractivity contribution in [3.63, 3.8) is 0 Å². The molecule has 0 bridgehead atoms. The maximum Gasteiger partial charge on any atom is 0.320 e. The second-order valence-electron chi connectivity index (χ2n) is 4.27. The summed E-state index contributed by atoms with van der Waals surface area (Å²) < 4.78 is 25.0. The van der Waals surface area contributed by atoms with E-state index in [2.05, 4.69) is 0 Å². The molecular weight excluding hydrogens is 258 g/mol. The molecule has 7 nitrogen and oxygen atoms in total. The van der Waals surface area contributed by atoms with Gasteiger partial charge in [0.1, 0.15) is 6.04 Å². The summed E-state index contributed by atoms with van der Waals surface area (Å²) >= 11 is 0. The van der Waals surface area contributed by atoms with Gasteiger partial charge in [0.05, 0.1) is 6.07 Å². The van der Waals surface area contributed by atoms with Crippen molar-refractivity contribution >= 4 is 16.0 Å². The van der Waals surface area contributed by atoms with Gasteiger partial charge in [0.25, 0.3) is 0 Å². The monoisotopic (exact) mass is 275 g/mol. The van der Waals surface area contributed by atoms with Gasteiger partial charge in [-0.3, -0.25) is 9.69 Å². The molecule has 0 aromatic carbocycles. The summed E-state index contributed by atoms with van der Waals surface area (Å²) in [6.45, 7) is 4.11. The first-order valence-electron chi connectivity index (χ1n) is 5.66. The average Bonchev–Trinajstić information content (AvgIpc) is 2.36. The largest absolute Gasteiger partial charge is 0.480 e. The molecule has 1 saturated heterocycles. The number of piperazine rings is 1. The number of sulfonamides is 1. The van der Waals surface area contributed by atoms with E-state index in [1.54, 1.807) is 17.9 Å². The molecule has 0 spiro atoms. The third-order valence-electron chi connectivity index (χ3n) is 3.17. The highest BCUT2D eigenvalue weighted by Crippen LogP contribution is 2.13. The van der Waals surface area contributed by atoms with Crippen molar-refractivity contribution in [2.45, 2.75) is 25.1 Å². The molecule has 1 N–H and O–H groups in total. The van der Waals surface area contributed by atoms with Crippen LogP contribution in [0.3, 0.4) is 0 Å². The van der Waals surface area contributed by atoms with E-state index >= 15 is 0 Å². The molecule has 0 aromatic rings. The lowest BCUT2D eigenvalue weighted by molar-refractivity contribution is -0.143. The Kier molecular flexibility index (Phi) is 4.67. The first-order chi connectivity index (χ1) is 8.30. The zero-order chi connectivity index (χ0) is 13.9. The minimum atomic E-state index is -3.58. The fourth-order valence-corrected chi connectivity index (χ4v) is 3.04. The topological polar surface area (TPSA) is 102 Å². The Hall–Kier alpha value is -1.17. The highest BCUT2D eigenvalue weighted by molar-refractivity contribution is 7.89. The number of carboxylic acids is 1. The van der Waals surface area contributed by atoms with Gasteiger partial charge in [-0.2, -0.15) is 9.57 Å². The molecule has 0 saturated carbocycles. The number of carboxylic acid groups (broad SMARTS) is 1. The lowest BCUT2D eigenvalue weighted by Gasteiger charge is -2.36. The Morgan fingerprint density at radius 3 is 2.17 bits per heavy atom. The number of aliphatic carboxylic acids is 1. The number of nitrogens with zero attached hydrogens (tertiary/aromatic N) is 3. The Morgan fingerprint density at radius 2 is 1.78 bits per heavy atom. The Balaban J connectivity index is 2.66. The quantitative estimate of drug-likeness (QED) is 0.729. The summed E-state index contributed by atoms with van der Waals surface area (Å²) in [6.07, 6.45) is 0. The first kappa shape index (κ1) is 14.9. The van der Waals surface area contributed by atoms with Crippen LogP contribution in [0, 0.1) is 11.3 Å². The van der Waals surface area contributed by atoms with Crippen LogP contribution in [0.25, 0.3) is 0 Å². The predicted octanol–water partition coefficient (Wildman–Crippen LogP) is -0.681. The molecule has 0 aliphatic carbocycles. The van der Waals surface area contributed by atoms with Crippen LogP contribution < -0.4 is 0 Å². The molecular formula is C10H17N3O4S. The van der Waals surface area contributed by atoms with Crippen LogP contribution in [0.5, 0.6) is 0 Å². The smallest absolute Gasteiger partial charge is 0.320 e. The van der Waals surface area contributed by atoms with Crippen LogP contribution in [0.4, 0.5) is 0 Å². The summed E-state index contributed by atoms with van der Waals surface area (Å²) in [5.41, 5.74) is 0. The van der Waals surface area contributed by atoms with Gasteiger partial charge >= 0.3 is 5.97 Å². The van der Waals surface area contributed by atoms with Gasteiger partial charge in [-0.05, 0) is 13.8 Å². The van der Waals surface area contributed by atoms with Crippen LogP contribution in [0.1, 0.15) is 13.8 Å². The predicted molar refractivity (Wildman–Crippen MR) is 64.2 cm³/mol. The second-order valence-corrected chi connectivity index (χ2v) is 6.52. The van der Waals surface area contributed by atoms with E-state index in [1.807, 2.05) is 0 Å². The molecule has 1 fully saturated rings. The average molecular weight is 275 g/mol. The van der Waals surface area contributed by atoms with E-state index in [0.29, 0.717) is 13.1 Å². The minimum Gasteiger partial charge on any atom is -0.480 e. The number of nitriles is 1. The third-order valence-corrected chi connectivity index (χ3v) is 5.25. The fourth-order valence-electron chi connectivity index (χ4n) is 1.79. The van der Waals surface area contributed by atoms with E-state index < -0.39 is 27.3 Å². The molecule has 0 aromatic heterocycles. The van der Waals surface area contributed by atoms with Crippen molar-refractivity contribution in [1.29, 1.82) is 5.26 Å². The summed E-state index contributed by atoms with van der Waals surface area (Å²) in [6, 6.07) is 1.10. The number of carbonyl (C=O) groups is 1.